The number of fused-ring (bicyclic) bond motifs is 1. The summed E-state index contributed by atoms with van der Waals surface area (Å²) in [4.78, 5) is 49.8. The molecule has 2 fully saturated rings. The number of benzene rings is 1. The Labute approximate surface area is 197 Å². The summed E-state index contributed by atoms with van der Waals surface area (Å²) in [5.41, 5.74) is 0.754. The van der Waals surface area contributed by atoms with E-state index in [4.69, 9.17) is 0 Å². The summed E-state index contributed by atoms with van der Waals surface area (Å²) in [6, 6.07) is 13.4. The van der Waals surface area contributed by atoms with E-state index in [1.54, 1.807) is 11.1 Å². The largest absolute Gasteiger partial charge is 0.353 e. The quantitative estimate of drug-likeness (QED) is 0.699. The molecule has 8 nitrogen and oxygen atoms in total. The molecule has 1 aromatic heterocycles. The zero-order valence-electron chi connectivity index (χ0n) is 18.4. The highest BCUT2D eigenvalue weighted by molar-refractivity contribution is 8.01. The summed E-state index contributed by atoms with van der Waals surface area (Å²) in [6.07, 6.45) is 3.07. The van der Waals surface area contributed by atoms with E-state index in [2.05, 4.69) is 15.2 Å². The predicted octanol–water partition coefficient (Wildman–Crippen LogP) is 2.08. The van der Waals surface area contributed by atoms with Crippen molar-refractivity contribution in [1.82, 2.24) is 14.8 Å². The number of piperazine rings is 1. The molecule has 1 unspecified atom stereocenters. The molecule has 0 spiro atoms. The molecule has 0 saturated carbocycles. The molecular weight excluding hydrogens is 438 g/mol. The van der Waals surface area contributed by atoms with E-state index in [9.17, 15) is 14.4 Å². The van der Waals surface area contributed by atoms with E-state index in [1.807, 2.05) is 47.4 Å². The van der Waals surface area contributed by atoms with Crippen molar-refractivity contribution in [2.45, 2.75) is 23.0 Å². The molecule has 172 valence electrons. The first-order valence-corrected chi connectivity index (χ1v) is 12.3. The molecule has 0 radical (unpaired) electrons. The maximum absolute atomic E-state index is 13.1. The number of para-hydroxylation sites is 1. The monoisotopic (exact) mass is 465 g/mol. The Morgan fingerprint density at radius 1 is 0.879 bits per heavy atom. The smallest absolute Gasteiger partial charge is 0.247 e. The second kappa shape index (κ2) is 9.43. The molecule has 0 bridgehead atoms. The molecule has 33 heavy (non-hydrogen) atoms. The fourth-order valence-electron chi connectivity index (χ4n) is 4.68. The number of likely N-dealkylation sites (tertiary alicyclic amines) is 1. The highest BCUT2D eigenvalue weighted by atomic mass is 32.2. The van der Waals surface area contributed by atoms with Crippen molar-refractivity contribution in [2.75, 3.05) is 49.5 Å². The van der Waals surface area contributed by atoms with Gasteiger partial charge in [-0.1, -0.05) is 18.2 Å². The van der Waals surface area contributed by atoms with Gasteiger partial charge in [-0.3, -0.25) is 14.4 Å². The van der Waals surface area contributed by atoms with Gasteiger partial charge in [-0.25, -0.2) is 4.98 Å². The molecule has 1 N–H and O–H groups in total. The lowest BCUT2D eigenvalue weighted by molar-refractivity contribution is -0.141. The van der Waals surface area contributed by atoms with Crippen LogP contribution in [0.25, 0.3) is 0 Å². The lowest BCUT2D eigenvalue weighted by Crippen LogP contribution is -2.53. The number of piperidine rings is 1. The minimum Gasteiger partial charge on any atom is -0.353 e. The summed E-state index contributed by atoms with van der Waals surface area (Å²) in [5.74, 6) is 0.628. The van der Waals surface area contributed by atoms with Crippen LogP contribution < -0.4 is 10.2 Å². The minimum absolute atomic E-state index is 0.0657. The van der Waals surface area contributed by atoms with Crippen LogP contribution in [0.2, 0.25) is 0 Å². The highest BCUT2D eigenvalue weighted by Crippen LogP contribution is 2.36. The SMILES string of the molecule is O=C1Nc2ccccc2SC1C(=O)N1CCC(C(=O)N2CCN(c3ccccn3)CC2)CC1. The number of aromatic nitrogens is 1. The second-order valence-electron chi connectivity index (χ2n) is 8.58. The van der Waals surface area contributed by atoms with E-state index in [1.165, 1.54) is 11.8 Å². The number of rotatable bonds is 3. The Kier molecular flexibility index (Phi) is 6.22. The lowest BCUT2D eigenvalue weighted by atomic mass is 9.94. The van der Waals surface area contributed by atoms with Crippen LogP contribution >= 0.6 is 11.8 Å². The van der Waals surface area contributed by atoms with Gasteiger partial charge in [0.1, 0.15) is 5.82 Å². The molecule has 3 amide bonds. The third-order valence-electron chi connectivity index (χ3n) is 6.57. The van der Waals surface area contributed by atoms with Gasteiger partial charge >= 0.3 is 0 Å². The van der Waals surface area contributed by atoms with E-state index in [0.717, 1.165) is 29.5 Å². The van der Waals surface area contributed by atoms with Crippen molar-refractivity contribution in [2.24, 2.45) is 5.92 Å². The first-order chi connectivity index (χ1) is 16.1. The van der Waals surface area contributed by atoms with Crippen molar-refractivity contribution < 1.29 is 14.4 Å². The third-order valence-corrected chi connectivity index (χ3v) is 7.83. The zero-order valence-corrected chi connectivity index (χ0v) is 19.2. The molecule has 4 heterocycles. The van der Waals surface area contributed by atoms with Crippen molar-refractivity contribution in [1.29, 1.82) is 0 Å². The number of thioether (sulfide) groups is 1. The van der Waals surface area contributed by atoms with E-state index < -0.39 is 5.25 Å². The zero-order chi connectivity index (χ0) is 22.8. The topological polar surface area (TPSA) is 85.8 Å². The number of pyridine rings is 1. The summed E-state index contributed by atoms with van der Waals surface area (Å²) < 4.78 is 0. The number of amides is 3. The number of nitrogens with zero attached hydrogens (tertiary/aromatic N) is 4. The van der Waals surface area contributed by atoms with Crippen molar-refractivity contribution in [3.63, 3.8) is 0 Å². The first-order valence-electron chi connectivity index (χ1n) is 11.4. The van der Waals surface area contributed by atoms with Gasteiger partial charge < -0.3 is 20.0 Å². The Bertz CT molecular complexity index is 1030. The maximum atomic E-state index is 13.1. The molecule has 1 atom stereocenters. The molecule has 2 saturated heterocycles. The van der Waals surface area contributed by atoms with Crippen LogP contribution in [0.5, 0.6) is 0 Å². The lowest BCUT2D eigenvalue weighted by Gasteiger charge is -2.39. The van der Waals surface area contributed by atoms with Gasteiger partial charge in [0.2, 0.25) is 17.7 Å². The number of hydrogen-bond acceptors (Lipinski definition) is 6. The number of hydrogen-bond donors (Lipinski definition) is 1. The number of nitrogens with one attached hydrogen (secondary N) is 1. The molecular formula is C24H27N5O3S. The summed E-state index contributed by atoms with van der Waals surface area (Å²) in [5, 5.41) is 2.07. The molecule has 3 aliphatic rings. The van der Waals surface area contributed by atoms with Gasteiger partial charge in [0.25, 0.3) is 0 Å². The Balaban J connectivity index is 1.13. The van der Waals surface area contributed by atoms with Gasteiger partial charge in [0.05, 0.1) is 5.69 Å². The molecule has 3 aliphatic heterocycles. The summed E-state index contributed by atoms with van der Waals surface area (Å²) in [6.45, 7) is 3.94. The second-order valence-corrected chi connectivity index (χ2v) is 9.73. The normalized spacial score (nSPS) is 21.4. The molecule has 1 aromatic carbocycles. The Hall–Kier alpha value is -3.07. The van der Waals surface area contributed by atoms with Gasteiger partial charge in [-0.15, -0.1) is 11.8 Å². The van der Waals surface area contributed by atoms with Crippen LogP contribution in [-0.4, -0.2) is 77.0 Å². The first kappa shape index (κ1) is 21.8. The van der Waals surface area contributed by atoms with Gasteiger partial charge in [0, 0.05) is 56.3 Å². The maximum Gasteiger partial charge on any atom is 0.247 e. The van der Waals surface area contributed by atoms with Gasteiger partial charge in [0.15, 0.2) is 5.25 Å². The van der Waals surface area contributed by atoms with E-state index in [0.29, 0.717) is 39.0 Å². The van der Waals surface area contributed by atoms with Crippen LogP contribution in [0, 0.1) is 5.92 Å². The van der Waals surface area contributed by atoms with Crippen LogP contribution in [0.15, 0.2) is 53.6 Å². The molecule has 2 aromatic rings. The Morgan fingerprint density at radius 3 is 2.30 bits per heavy atom. The average Bonchev–Trinajstić information content (AvgIpc) is 2.88. The van der Waals surface area contributed by atoms with Crippen LogP contribution in [0.1, 0.15) is 12.8 Å². The standard InChI is InChI=1S/C24H27N5O3S/c30-22-21(33-19-6-2-1-5-18(19)26-22)24(32)28-11-8-17(9-12-28)23(31)29-15-13-27(14-16-29)20-7-3-4-10-25-20/h1-7,10,17,21H,8-9,11-16H2,(H,26,30). The summed E-state index contributed by atoms with van der Waals surface area (Å²) in [7, 11) is 0. The fraction of sp³-hybridized carbons (Fsp3) is 0.417. The predicted molar refractivity (Wildman–Crippen MR) is 127 cm³/mol. The summed E-state index contributed by atoms with van der Waals surface area (Å²) >= 11 is 1.31. The van der Waals surface area contributed by atoms with Crippen molar-refractivity contribution in [3.05, 3.63) is 48.7 Å². The number of anilines is 2. The van der Waals surface area contributed by atoms with Crippen LogP contribution in [0.3, 0.4) is 0 Å². The van der Waals surface area contributed by atoms with Gasteiger partial charge in [-0.05, 0) is 37.1 Å². The third kappa shape index (κ3) is 4.55. The minimum atomic E-state index is -0.771. The van der Waals surface area contributed by atoms with Crippen molar-refractivity contribution >= 4 is 41.0 Å². The van der Waals surface area contributed by atoms with Gasteiger partial charge in [-0.2, -0.15) is 0 Å². The van der Waals surface area contributed by atoms with Crippen LogP contribution in [0.4, 0.5) is 11.5 Å². The fourth-order valence-corrected chi connectivity index (χ4v) is 5.75. The molecule has 9 heteroatoms. The average molecular weight is 466 g/mol. The molecule has 5 rings (SSSR count). The number of carbonyl (C=O) groups excluding carboxylic acids is 3. The molecule has 0 aliphatic carbocycles. The van der Waals surface area contributed by atoms with Crippen LogP contribution in [-0.2, 0) is 14.4 Å². The Morgan fingerprint density at radius 2 is 1.58 bits per heavy atom. The van der Waals surface area contributed by atoms with E-state index >= 15 is 0 Å². The van der Waals surface area contributed by atoms with E-state index in [-0.39, 0.29) is 23.6 Å². The van der Waals surface area contributed by atoms with Crippen molar-refractivity contribution in [3.8, 4) is 0 Å². The highest BCUT2D eigenvalue weighted by Gasteiger charge is 2.38. The number of carbonyl (C=O) groups is 3.